The molecule has 1 N–H and O–H groups in total. The third kappa shape index (κ3) is 1.62. The minimum absolute atomic E-state index is 0.685. The van der Waals surface area contributed by atoms with Gasteiger partial charge in [0.2, 0.25) is 0 Å². The Morgan fingerprint density at radius 2 is 1.67 bits per heavy atom. The molecule has 0 spiro atoms. The van der Waals surface area contributed by atoms with Gasteiger partial charge in [0.15, 0.2) is 0 Å². The minimum Gasteiger partial charge on any atom is -0.363 e. The molecule has 2 unspecified atom stereocenters. The molecule has 0 amide bonds. The molecule has 3 heteroatoms. The molecular formula is C12H15ClN2. The Bertz CT molecular complexity index is 333. The van der Waals surface area contributed by atoms with Crippen LogP contribution in [-0.4, -0.2) is 25.2 Å². The van der Waals surface area contributed by atoms with Crippen LogP contribution in [0.25, 0.3) is 0 Å². The Balaban J connectivity index is 1.90. The molecule has 1 aromatic carbocycles. The van der Waals surface area contributed by atoms with Crippen molar-refractivity contribution in [2.24, 2.45) is 0 Å². The molecule has 2 aliphatic rings. The van der Waals surface area contributed by atoms with Crippen molar-refractivity contribution in [1.29, 1.82) is 0 Å². The smallest absolute Gasteiger partial charge is 0.0419 e. The largest absolute Gasteiger partial charge is 0.363 e. The van der Waals surface area contributed by atoms with Crippen molar-refractivity contribution >= 4 is 17.3 Å². The number of hydrogen-bond donors (Lipinski definition) is 1. The van der Waals surface area contributed by atoms with Crippen LogP contribution in [0.15, 0.2) is 24.3 Å². The van der Waals surface area contributed by atoms with E-state index in [9.17, 15) is 0 Å². The van der Waals surface area contributed by atoms with Crippen molar-refractivity contribution in [3.05, 3.63) is 29.3 Å². The number of piperazine rings is 1. The van der Waals surface area contributed by atoms with Crippen LogP contribution in [0.2, 0.25) is 5.02 Å². The van der Waals surface area contributed by atoms with E-state index in [-0.39, 0.29) is 0 Å². The first-order valence-electron chi connectivity index (χ1n) is 5.59. The highest BCUT2D eigenvalue weighted by Crippen LogP contribution is 2.32. The molecule has 0 aliphatic carbocycles. The highest BCUT2D eigenvalue weighted by molar-refractivity contribution is 6.30. The summed E-state index contributed by atoms with van der Waals surface area (Å²) in [5.41, 5.74) is 1.33. The van der Waals surface area contributed by atoms with Crippen LogP contribution in [0.3, 0.4) is 0 Å². The van der Waals surface area contributed by atoms with Gasteiger partial charge in [-0.15, -0.1) is 0 Å². The second-order valence-corrected chi connectivity index (χ2v) is 4.86. The summed E-state index contributed by atoms with van der Waals surface area (Å²) in [6, 6.07) is 9.61. The van der Waals surface area contributed by atoms with Gasteiger partial charge < -0.3 is 10.2 Å². The molecule has 2 aliphatic heterocycles. The maximum Gasteiger partial charge on any atom is 0.0419 e. The lowest BCUT2D eigenvalue weighted by Gasteiger charge is -2.37. The third-order valence-corrected chi connectivity index (χ3v) is 3.76. The van der Waals surface area contributed by atoms with Gasteiger partial charge in [0.05, 0.1) is 0 Å². The predicted octanol–water partition coefficient (Wildman–Crippen LogP) is 2.28. The zero-order valence-corrected chi connectivity index (χ0v) is 9.37. The van der Waals surface area contributed by atoms with E-state index < -0.39 is 0 Å². The summed E-state index contributed by atoms with van der Waals surface area (Å²) < 4.78 is 0. The Kier molecular flexibility index (Phi) is 2.33. The van der Waals surface area contributed by atoms with Crippen molar-refractivity contribution in [2.45, 2.75) is 24.9 Å². The summed E-state index contributed by atoms with van der Waals surface area (Å²) in [5, 5.41) is 4.31. The van der Waals surface area contributed by atoms with E-state index in [4.69, 9.17) is 11.6 Å². The molecule has 2 atom stereocenters. The van der Waals surface area contributed by atoms with E-state index in [2.05, 4.69) is 22.3 Å². The number of halogens is 1. The first kappa shape index (κ1) is 9.49. The van der Waals surface area contributed by atoms with Crippen molar-refractivity contribution in [3.8, 4) is 0 Å². The first-order valence-corrected chi connectivity index (χ1v) is 5.97. The van der Waals surface area contributed by atoms with E-state index in [1.165, 1.54) is 18.5 Å². The van der Waals surface area contributed by atoms with Crippen LogP contribution >= 0.6 is 11.6 Å². The predicted molar refractivity (Wildman–Crippen MR) is 63.6 cm³/mol. The maximum atomic E-state index is 5.91. The summed E-state index contributed by atoms with van der Waals surface area (Å²) in [7, 11) is 0. The maximum absolute atomic E-state index is 5.91. The van der Waals surface area contributed by atoms with Gasteiger partial charge in [-0.2, -0.15) is 0 Å². The van der Waals surface area contributed by atoms with Crippen molar-refractivity contribution in [1.82, 2.24) is 5.32 Å². The Labute approximate surface area is 95.2 Å². The Morgan fingerprint density at radius 3 is 2.27 bits per heavy atom. The van der Waals surface area contributed by atoms with Gasteiger partial charge in [-0.05, 0) is 37.1 Å². The van der Waals surface area contributed by atoms with Gasteiger partial charge in [-0.25, -0.2) is 0 Å². The summed E-state index contributed by atoms with van der Waals surface area (Å²) in [4.78, 5) is 2.56. The quantitative estimate of drug-likeness (QED) is 0.785. The van der Waals surface area contributed by atoms with Gasteiger partial charge in [-0.1, -0.05) is 11.6 Å². The number of rotatable bonds is 1. The highest BCUT2D eigenvalue weighted by atomic mass is 35.5. The van der Waals surface area contributed by atoms with Crippen LogP contribution < -0.4 is 10.2 Å². The SMILES string of the molecule is Clc1ccc(N2C3CCC2CNC3)cc1. The zero-order valence-electron chi connectivity index (χ0n) is 8.62. The number of hydrogen-bond acceptors (Lipinski definition) is 2. The average Bonchev–Trinajstić information content (AvgIpc) is 2.51. The van der Waals surface area contributed by atoms with Crippen LogP contribution in [0.4, 0.5) is 5.69 Å². The molecule has 0 saturated carbocycles. The van der Waals surface area contributed by atoms with Crippen molar-refractivity contribution in [3.63, 3.8) is 0 Å². The number of nitrogens with one attached hydrogen (secondary N) is 1. The summed E-state index contributed by atoms with van der Waals surface area (Å²) >= 11 is 5.91. The zero-order chi connectivity index (χ0) is 10.3. The third-order valence-electron chi connectivity index (χ3n) is 3.50. The molecule has 80 valence electrons. The topological polar surface area (TPSA) is 15.3 Å². The van der Waals surface area contributed by atoms with Gasteiger partial charge in [0.25, 0.3) is 0 Å². The molecular weight excluding hydrogens is 208 g/mol. The number of benzene rings is 1. The van der Waals surface area contributed by atoms with Gasteiger partial charge >= 0.3 is 0 Å². The monoisotopic (exact) mass is 222 g/mol. The first-order chi connectivity index (χ1) is 7.34. The van der Waals surface area contributed by atoms with Crippen LogP contribution in [-0.2, 0) is 0 Å². The molecule has 1 aromatic rings. The van der Waals surface area contributed by atoms with E-state index in [1.807, 2.05) is 12.1 Å². The molecule has 0 aromatic heterocycles. The second-order valence-electron chi connectivity index (χ2n) is 4.43. The minimum atomic E-state index is 0.685. The highest BCUT2D eigenvalue weighted by Gasteiger charge is 2.36. The molecule has 2 fully saturated rings. The average molecular weight is 223 g/mol. The van der Waals surface area contributed by atoms with Crippen molar-refractivity contribution < 1.29 is 0 Å². The molecule has 15 heavy (non-hydrogen) atoms. The van der Waals surface area contributed by atoms with Crippen LogP contribution in [0.5, 0.6) is 0 Å². The normalized spacial score (nSPS) is 29.5. The fraction of sp³-hybridized carbons (Fsp3) is 0.500. The fourth-order valence-corrected chi connectivity index (χ4v) is 2.94. The summed E-state index contributed by atoms with van der Waals surface area (Å²) in [6.45, 7) is 2.25. The lowest BCUT2D eigenvalue weighted by Crippen LogP contribution is -2.51. The van der Waals surface area contributed by atoms with Crippen molar-refractivity contribution in [2.75, 3.05) is 18.0 Å². The number of nitrogens with zero attached hydrogens (tertiary/aromatic N) is 1. The molecule has 2 nitrogen and oxygen atoms in total. The van der Waals surface area contributed by atoms with E-state index in [0.717, 1.165) is 18.1 Å². The fourth-order valence-electron chi connectivity index (χ4n) is 2.81. The van der Waals surface area contributed by atoms with Crippen LogP contribution in [0, 0.1) is 0 Å². The van der Waals surface area contributed by atoms with Crippen LogP contribution in [0.1, 0.15) is 12.8 Å². The Hall–Kier alpha value is -0.730. The molecule has 0 radical (unpaired) electrons. The van der Waals surface area contributed by atoms with Gasteiger partial charge in [0, 0.05) is 35.9 Å². The van der Waals surface area contributed by atoms with E-state index in [0.29, 0.717) is 12.1 Å². The van der Waals surface area contributed by atoms with E-state index in [1.54, 1.807) is 0 Å². The van der Waals surface area contributed by atoms with Gasteiger partial charge in [0.1, 0.15) is 0 Å². The van der Waals surface area contributed by atoms with Gasteiger partial charge in [-0.3, -0.25) is 0 Å². The van der Waals surface area contributed by atoms with E-state index >= 15 is 0 Å². The number of anilines is 1. The molecule has 2 saturated heterocycles. The lowest BCUT2D eigenvalue weighted by atomic mass is 10.2. The Morgan fingerprint density at radius 1 is 1.07 bits per heavy atom. The number of fused-ring (bicyclic) bond motifs is 2. The molecule has 3 rings (SSSR count). The summed E-state index contributed by atoms with van der Waals surface area (Å²) in [6.07, 6.45) is 2.64. The second kappa shape index (κ2) is 3.69. The summed E-state index contributed by atoms with van der Waals surface area (Å²) in [5.74, 6) is 0. The standard InChI is InChI=1S/C12H15ClN2/c13-9-1-3-10(4-2-9)15-11-5-6-12(15)8-14-7-11/h1-4,11-12,14H,5-8H2. The molecule has 2 heterocycles. The molecule has 2 bridgehead atoms. The lowest BCUT2D eigenvalue weighted by molar-refractivity contribution is 0.485.